The van der Waals surface area contributed by atoms with Crippen LogP contribution in [0.3, 0.4) is 0 Å². The molecule has 2 rings (SSSR count). The predicted octanol–water partition coefficient (Wildman–Crippen LogP) is 2.57. The molecular weight excluding hydrogens is 222 g/mol. The smallest absolute Gasteiger partial charge is 0.330 e. The zero-order valence-corrected chi connectivity index (χ0v) is 9.46. The summed E-state index contributed by atoms with van der Waals surface area (Å²) in [6.45, 7) is 8.14. The maximum absolute atomic E-state index is 6.89. The molecule has 82 valence electrons. The normalized spacial score (nSPS) is 10.2. The van der Waals surface area contributed by atoms with E-state index in [0.29, 0.717) is 18.3 Å². The molecule has 5 heteroatoms. The second-order valence-corrected chi connectivity index (χ2v) is 4.24. The molecule has 2 N–H and O–H groups in total. The molecule has 0 aliphatic rings. The number of hydrogen-bond acceptors (Lipinski definition) is 4. The number of hydrogen-bond donors (Lipinski definition) is 1. The van der Waals surface area contributed by atoms with E-state index >= 15 is 0 Å². The second kappa shape index (κ2) is 4.92. The van der Waals surface area contributed by atoms with Gasteiger partial charge in [0.1, 0.15) is 5.75 Å². The lowest BCUT2D eigenvalue weighted by Gasteiger charge is -2.03. The number of fused-ring (bicyclic) bond motifs is 1. The number of nitrogens with two attached hydrogens (primary N) is 1. The third-order valence-corrected chi connectivity index (χ3v) is 2.97. The summed E-state index contributed by atoms with van der Waals surface area (Å²) < 4.78 is 6.50. The Morgan fingerprint density at radius 1 is 1.50 bits per heavy atom. The first-order valence-corrected chi connectivity index (χ1v) is 5.76. The first-order valence-electron chi connectivity index (χ1n) is 4.94. The van der Waals surface area contributed by atoms with Crippen molar-refractivity contribution in [1.29, 1.82) is 0 Å². The Labute approximate surface area is 97.5 Å². The van der Waals surface area contributed by atoms with Crippen molar-refractivity contribution in [1.82, 2.24) is 4.98 Å². The molecule has 0 unspecified atom stereocenters. The minimum Gasteiger partial charge on any atom is -0.493 e. The molecule has 0 bridgehead atoms. The molecule has 1 aromatic heterocycles. The molecule has 0 fully saturated rings. The second-order valence-electron chi connectivity index (χ2n) is 3.23. The van der Waals surface area contributed by atoms with Crippen molar-refractivity contribution in [2.45, 2.75) is 6.42 Å². The van der Waals surface area contributed by atoms with Gasteiger partial charge in [-0.1, -0.05) is 6.57 Å². The highest BCUT2D eigenvalue weighted by Crippen LogP contribution is 2.30. The van der Waals surface area contributed by atoms with E-state index in [0.717, 1.165) is 22.4 Å². The average Bonchev–Trinajstić information content (AvgIpc) is 2.71. The predicted molar refractivity (Wildman–Crippen MR) is 65.0 cm³/mol. The van der Waals surface area contributed by atoms with Crippen molar-refractivity contribution in [2.24, 2.45) is 5.73 Å². The number of rotatable bonds is 4. The van der Waals surface area contributed by atoms with E-state index in [1.807, 2.05) is 18.2 Å². The van der Waals surface area contributed by atoms with E-state index in [-0.39, 0.29) is 0 Å². The van der Waals surface area contributed by atoms with Crippen LogP contribution in [0.25, 0.3) is 15.1 Å². The molecule has 2 aromatic rings. The van der Waals surface area contributed by atoms with Gasteiger partial charge in [0.05, 0.1) is 11.3 Å². The first kappa shape index (κ1) is 10.9. The molecule has 4 nitrogen and oxygen atoms in total. The summed E-state index contributed by atoms with van der Waals surface area (Å²) >= 11 is 1.38. The lowest BCUT2D eigenvalue weighted by atomic mass is 10.3. The molecule has 16 heavy (non-hydrogen) atoms. The number of benzene rings is 1. The van der Waals surface area contributed by atoms with Crippen LogP contribution in [0, 0.1) is 6.57 Å². The number of aromatic nitrogens is 1. The molecule has 1 aromatic carbocycles. The lowest BCUT2D eigenvalue weighted by molar-refractivity contribution is 0.314. The van der Waals surface area contributed by atoms with E-state index in [1.54, 1.807) is 0 Å². The van der Waals surface area contributed by atoms with Crippen LogP contribution in [0.1, 0.15) is 6.42 Å². The van der Waals surface area contributed by atoms with Crippen LogP contribution in [-0.2, 0) is 0 Å². The van der Waals surface area contributed by atoms with Crippen molar-refractivity contribution in [3.05, 3.63) is 29.6 Å². The molecular formula is C11H11N3OS. The molecule has 0 aliphatic carbocycles. The topological polar surface area (TPSA) is 52.5 Å². The van der Waals surface area contributed by atoms with Crippen molar-refractivity contribution in [3.8, 4) is 5.75 Å². The van der Waals surface area contributed by atoms with Gasteiger partial charge in [-0.2, -0.15) is 0 Å². The van der Waals surface area contributed by atoms with Crippen LogP contribution in [0.15, 0.2) is 18.2 Å². The minimum absolute atomic E-state index is 0.467. The van der Waals surface area contributed by atoms with E-state index < -0.39 is 0 Å². The Kier molecular flexibility index (Phi) is 3.34. The Balaban J connectivity index is 2.19. The van der Waals surface area contributed by atoms with Crippen LogP contribution in [0.2, 0.25) is 0 Å². The lowest BCUT2D eigenvalue weighted by Crippen LogP contribution is -2.05. The average molecular weight is 233 g/mol. The van der Waals surface area contributed by atoms with Gasteiger partial charge in [0, 0.05) is 6.07 Å². The molecule has 0 saturated carbocycles. The summed E-state index contributed by atoms with van der Waals surface area (Å²) in [5.74, 6) is 0.807. The maximum Gasteiger partial charge on any atom is 0.330 e. The van der Waals surface area contributed by atoms with Gasteiger partial charge in [0.25, 0.3) is 0 Å². The summed E-state index contributed by atoms with van der Waals surface area (Å²) in [7, 11) is 0. The van der Waals surface area contributed by atoms with Crippen molar-refractivity contribution >= 4 is 26.7 Å². The van der Waals surface area contributed by atoms with Gasteiger partial charge < -0.3 is 15.3 Å². The van der Waals surface area contributed by atoms with Crippen molar-refractivity contribution < 1.29 is 4.74 Å². The highest BCUT2D eigenvalue weighted by atomic mass is 32.1. The summed E-state index contributed by atoms with van der Waals surface area (Å²) in [5, 5.41) is 0.467. The third kappa shape index (κ3) is 2.30. The van der Waals surface area contributed by atoms with Gasteiger partial charge in [0.2, 0.25) is 0 Å². The van der Waals surface area contributed by atoms with Gasteiger partial charge in [-0.05, 0) is 25.1 Å². The van der Waals surface area contributed by atoms with E-state index in [4.69, 9.17) is 17.0 Å². The van der Waals surface area contributed by atoms with E-state index in [9.17, 15) is 0 Å². The van der Waals surface area contributed by atoms with Gasteiger partial charge in [-0.15, -0.1) is 16.3 Å². The van der Waals surface area contributed by atoms with E-state index in [1.165, 1.54) is 11.3 Å². The zero-order chi connectivity index (χ0) is 11.4. The quantitative estimate of drug-likeness (QED) is 0.652. The summed E-state index contributed by atoms with van der Waals surface area (Å²) in [6.07, 6.45) is 0.841. The third-order valence-electron chi connectivity index (χ3n) is 2.06. The van der Waals surface area contributed by atoms with Crippen LogP contribution >= 0.6 is 11.3 Å². The fourth-order valence-electron chi connectivity index (χ4n) is 1.30. The molecule has 0 amide bonds. The molecule has 0 atom stereocenters. The van der Waals surface area contributed by atoms with Crippen molar-refractivity contribution in [3.63, 3.8) is 0 Å². The largest absolute Gasteiger partial charge is 0.493 e. The minimum atomic E-state index is 0.467. The van der Waals surface area contributed by atoms with Gasteiger partial charge in [-0.3, -0.25) is 0 Å². The Bertz CT molecular complexity index is 529. The molecule has 0 aliphatic heterocycles. The van der Waals surface area contributed by atoms with Crippen LogP contribution in [0.5, 0.6) is 5.75 Å². The Hall–Kier alpha value is -1.64. The maximum atomic E-state index is 6.89. The summed E-state index contributed by atoms with van der Waals surface area (Å²) in [5.41, 5.74) is 6.23. The van der Waals surface area contributed by atoms with Crippen LogP contribution in [0.4, 0.5) is 5.13 Å². The SMILES string of the molecule is [C-]#[N+]c1nc2ccc(OCCCN)cc2s1. The number of thiazole rings is 1. The molecule has 0 radical (unpaired) electrons. The molecule has 0 spiro atoms. The number of nitrogens with zero attached hydrogens (tertiary/aromatic N) is 2. The number of ether oxygens (including phenoxy) is 1. The summed E-state index contributed by atoms with van der Waals surface area (Å²) in [6, 6.07) is 5.66. The van der Waals surface area contributed by atoms with Crippen LogP contribution in [-0.4, -0.2) is 18.1 Å². The van der Waals surface area contributed by atoms with Gasteiger partial charge in [-0.25, -0.2) is 0 Å². The van der Waals surface area contributed by atoms with Crippen molar-refractivity contribution in [2.75, 3.05) is 13.2 Å². The Morgan fingerprint density at radius 3 is 3.12 bits per heavy atom. The molecule has 1 heterocycles. The van der Waals surface area contributed by atoms with Gasteiger partial charge in [0.15, 0.2) is 5.52 Å². The van der Waals surface area contributed by atoms with E-state index in [2.05, 4.69) is 9.83 Å². The van der Waals surface area contributed by atoms with Gasteiger partial charge >= 0.3 is 5.13 Å². The Morgan fingerprint density at radius 2 is 2.38 bits per heavy atom. The zero-order valence-electron chi connectivity index (χ0n) is 8.64. The standard InChI is InChI=1S/C11H11N3OS/c1-13-11-14-9-4-3-8(7-10(9)16-11)15-6-2-5-12/h3-4,7H,2,5-6,12H2. The van der Waals surface area contributed by atoms with Crippen LogP contribution < -0.4 is 10.5 Å². The molecule has 0 saturated heterocycles. The fourth-order valence-corrected chi connectivity index (χ4v) is 2.08. The highest BCUT2D eigenvalue weighted by molar-refractivity contribution is 7.22. The first-order chi connectivity index (χ1) is 7.83. The highest BCUT2D eigenvalue weighted by Gasteiger charge is 2.06. The monoisotopic (exact) mass is 233 g/mol. The summed E-state index contributed by atoms with van der Waals surface area (Å²) in [4.78, 5) is 7.47. The fraction of sp³-hybridized carbons (Fsp3) is 0.273.